The highest BCUT2D eigenvalue weighted by Crippen LogP contribution is 2.11. The van der Waals surface area contributed by atoms with E-state index in [-0.39, 0.29) is 6.61 Å². The predicted octanol–water partition coefficient (Wildman–Crippen LogP) is 1.79. The molecule has 0 heterocycles. The van der Waals surface area contributed by atoms with Crippen LogP contribution < -0.4 is 4.90 Å². The summed E-state index contributed by atoms with van der Waals surface area (Å²) >= 11 is 0. The van der Waals surface area contributed by atoms with E-state index in [0.717, 1.165) is 24.4 Å². The quantitative estimate of drug-likeness (QED) is 0.562. The molecule has 0 aliphatic rings. The van der Waals surface area contributed by atoms with E-state index in [0.29, 0.717) is 6.54 Å². The normalized spacial score (nSPS) is 10.3. The van der Waals surface area contributed by atoms with E-state index in [1.54, 1.807) is 0 Å². The van der Waals surface area contributed by atoms with Crippen molar-refractivity contribution < 1.29 is 19.1 Å². The van der Waals surface area contributed by atoms with E-state index < -0.39 is 11.9 Å². The Kier molecular flexibility index (Phi) is 6.89. The fraction of sp³-hybridized carbons (Fsp3) is 0.333. The summed E-state index contributed by atoms with van der Waals surface area (Å²) in [6, 6.07) is 9.88. The highest BCUT2D eigenvalue weighted by molar-refractivity contribution is 5.91. The lowest BCUT2D eigenvalue weighted by Gasteiger charge is -2.22. The van der Waals surface area contributed by atoms with Crippen LogP contribution in [-0.2, 0) is 19.1 Å². The maximum absolute atomic E-state index is 11.3. The Balaban J connectivity index is 2.37. The molecule has 0 amide bonds. The minimum atomic E-state index is -0.582. The summed E-state index contributed by atoms with van der Waals surface area (Å²) in [7, 11) is 1.25. The van der Waals surface area contributed by atoms with Crippen molar-refractivity contribution in [2.45, 2.75) is 6.92 Å². The second-order valence-corrected chi connectivity index (χ2v) is 3.94. The number of anilines is 1. The summed E-state index contributed by atoms with van der Waals surface area (Å²) in [5.41, 5.74) is 1.08. The van der Waals surface area contributed by atoms with Crippen LogP contribution in [0.15, 0.2) is 42.5 Å². The summed E-state index contributed by atoms with van der Waals surface area (Å²) in [5, 5.41) is 0. The minimum absolute atomic E-state index is 0.257. The molecule has 0 N–H and O–H groups in total. The predicted molar refractivity (Wildman–Crippen MR) is 76.4 cm³/mol. The summed E-state index contributed by atoms with van der Waals surface area (Å²) in [5.74, 6) is -1.14. The van der Waals surface area contributed by atoms with Crippen LogP contribution in [0.25, 0.3) is 0 Å². The first-order chi connectivity index (χ1) is 9.67. The molecule has 0 fully saturated rings. The van der Waals surface area contributed by atoms with Crippen molar-refractivity contribution >= 4 is 17.6 Å². The van der Waals surface area contributed by atoms with E-state index in [4.69, 9.17) is 4.74 Å². The van der Waals surface area contributed by atoms with Crippen LogP contribution >= 0.6 is 0 Å². The first-order valence-corrected chi connectivity index (χ1v) is 6.40. The van der Waals surface area contributed by atoms with Gasteiger partial charge in [0.25, 0.3) is 0 Å². The molecule has 1 aromatic carbocycles. The van der Waals surface area contributed by atoms with Gasteiger partial charge in [0, 0.05) is 24.4 Å². The fourth-order valence-corrected chi connectivity index (χ4v) is 1.62. The Morgan fingerprint density at radius 3 is 2.40 bits per heavy atom. The third-order valence-corrected chi connectivity index (χ3v) is 2.67. The number of benzene rings is 1. The standard InChI is InChI=1S/C15H19NO4/c1-3-16(13-7-5-4-6-8-13)11-12-20-15(18)10-9-14(17)19-2/h4-10H,3,11-12H2,1-2H3/b10-9+. The van der Waals surface area contributed by atoms with Gasteiger partial charge in [0.1, 0.15) is 6.61 Å². The zero-order valence-electron chi connectivity index (χ0n) is 11.7. The maximum Gasteiger partial charge on any atom is 0.331 e. The molecular weight excluding hydrogens is 258 g/mol. The lowest BCUT2D eigenvalue weighted by atomic mass is 10.3. The molecular formula is C15H19NO4. The first-order valence-electron chi connectivity index (χ1n) is 6.40. The molecule has 0 atom stereocenters. The van der Waals surface area contributed by atoms with Gasteiger partial charge in [-0.3, -0.25) is 0 Å². The number of hydrogen-bond donors (Lipinski definition) is 0. The SMILES string of the molecule is CCN(CCOC(=O)/C=C/C(=O)OC)c1ccccc1. The van der Waals surface area contributed by atoms with Gasteiger partial charge in [-0.25, -0.2) is 9.59 Å². The van der Waals surface area contributed by atoms with E-state index >= 15 is 0 Å². The number of methoxy groups -OCH3 is 1. The summed E-state index contributed by atoms with van der Waals surface area (Å²) < 4.78 is 9.39. The van der Waals surface area contributed by atoms with Gasteiger partial charge in [-0.2, -0.15) is 0 Å². The van der Waals surface area contributed by atoms with Gasteiger partial charge in [0.15, 0.2) is 0 Å². The minimum Gasteiger partial charge on any atom is -0.466 e. The van der Waals surface area contributed by atoms with Crippen molar-refractivity contribution in [3.05, 3.63) is 42.5 Å². The van der Waals surface area contributed by atoms with Crippen LogP contribution in [0.3, 0.4) is 0 Å². The lowest BCUT2D eigenvalue weighted by molar-refractivity contribution is -0.139. The van der Waals surface area contributed by atoms with Crippen molar-refractivity contribution in [3.63, 3.8) is 0 Å². The van der Waals surface area contributed by atoms with Crippen LogP contribution in [0.4, 0.5) is 5.69 Å². The highest BCUT2D eigenvalue weighted by Gasteiger charge is 2.05. The zero-order valence-corrected chi connectivity index (χ0v) is 11.7. The smallest absolute Gasteiger partial charge is 0.331 e. The molecule has 0 unspecified atom stereocenters. The van der Waals surface area contributed by atoms with Gasteiger partial charge < -0.3 is 14.4 Å². The molecule has 108 valence electrons. The lowest BCUT2D eigenvalue weighted by Crippen LogP contribution is -2.27. The number of likely N-dealkylation sites (N-methyl/N-ethyl adjacent to an activating group) is 1. The molecule has 0 aliphatic heterocycles. The molecule has 0 bridgehead atoms. The van der Waals surface area contributed by atoms with Gasteiger partial charge in [-0.15, -0.1) is 0 Å². The molecule has 20 heavy (non-hydrogen) atoms. The first kappa shape index (κ1) is 15.8. The van der Waals surface area contributed by atoms with Gasteiger partial charge >= 0.3 is 11.9 Å². The number of rotatable bonds is 7. The Hall–Kier alpha value is -2.30. The van der Waals surface area contributed by atoms with E-state index in [1.807, 2.05) is 37.3 Å². The van der Waals surface area contributed by atoms with Gasteiger partial charge in [0.2, 0.25) is 0 Å². The maximum atomic E-state index is 11.3. The number of para-hydroxylation sites is 1. The van der Waals surface area contributed by atoms with E-state index in [1.165, 1.54) is 7.11 Å². The second-order valence-electron chi connectivity index (χ2n) is 3.94. The van der Waals surface area contributed by atoms with Crippen LogP contribution in [0, 0.1) is 0 Å². The number of esters is 2. The number of hydrogen-bond acceptors (Lipinski definition) is 5. The molecule has 0 aromatic heterocycles. The Bertz CT molecular complexity index is 456. The Morgan fingerprint density at radius 2 is 1.80 bits per heavy atom. The number of carbonyl (C=O) groups is 2. The summed E-state index contributed by atoms with van der Waals surface area (Å²) in [6.07, 6.45) is 2.10. The van der Waals surface area contributed by atoms with Crippen LogP contribution in [-0.4, -0.2) is 38.7 Å². The van der Waals surface area contributed by atoms with Crippen LogP contribution in [0.2, 0.25) is 0 Å². The average Bonchev–Trinajstić information content (AvgIpc) is 2.50. The van der Waals surface area contributed by atoms with Crippen LogP contribution in [0.1, 0.15) is 6.92 Å². The zero-order chi connectivity index (χ0) is 14.8. The largest absolute Gasteiger partial charge is 0.466 e. The van der Waals surface area contributed by atoms with E-state index in [2.05, 4.69) is 9.64 Å². The third kappa shape index (κ3) is 5.56. The van der Waals surface area contributed by atoms with Crippen molar-refractivity contribution in [1.29, 1.82) is 0 Å². The van der Waals surface area contributed by atoms with Crippen molar-refractivity contribution in [2.75, 3.05) is 31.7 Å². The molecule has 0 aliphatic carbocycles. The summed E-state index contributed by atoms with van der Waals surface area (Å²) in [6.45, 7) is 3.71. The monoisotopic (exact) mass is 277 g/mol. The van der Waals surface area contributed by atoms with Crippen molar-refractivity contribution in [1.82, 2.24) is 0 Å². The van der Waals surface area contributed by atoms with Crippen LogP contribution in [0.5, 0.6) is 0 Å². The molecule has 0 spiro atoms. The van der Waals surface area contributed by atoms with Crippen molar-refractivity contribution in [3.8, 4) is 0 Å². The average molecular weight is 277 g/mol. The molecule has 0 saturated heterocycles. The Morgan fingerprint density at radius 1 is 1.15 bits per heavy atom. The molecule has 0 radical (unpaired) electrons. The summed E-state index contributed by atoms with van der Waals surface area (Å²) in [4.78, 5) is 24.2. The highest BCUT2D eigenvalue weighted by atomic mass is 16.5. The van der Waals surface area contributed by atoms with Gasteiger partial charge in [0.05, 0.1) is 13.7 Å². The number of carbonyl (C=O) groups excluding carboxylic acids is 2. The van der Waals surface area contributed by atoms with Gasteiger partial charge in [-0.05, 0) is 19.1 Å². The Labute approximate surface area is 118 Å². The fourth-order valence-electron chi connectivity index (χ4n) is 1.62. The molecule has 5 nitrogen and oxygen atoms in total. The second kappa shape index (κ2) is 8.74. The van der Waals surface area contributed by atoms with E-state index in [9.17, 15) is 9.59 Å². The van der Waals surface area contributed by atoms with Gasteiger partial charge in [-0.1, -0.05) is 18.2 Å². The van der Waals surface area contributed by atoms with Crippen molar-refractivity contribution in [2.24, 2.45) is 0 Å². The topological polar surface area (TPSA) is 55.8 Å². The molecule has 1 rings (SSSR count). The number of ether oxygens (including phenoxy) is 2. The molecule has 1 aromatic rings. The number of nitrogens with zero attached hydrogens (tertiary/aromatic N) is 1. The third-order valence-electron chi connectivity index (χ3n) is 2.67. The molecule has 0 saturated carbocycles. The molecule has 5 heteroatoms.